The van der Waals surface area contributed by atoms with Gasteiger partial charge >= 0.3 is 0 Å². The first-order valence-electron chi connectivity index (χ1n) is 22.0. The summed E-state index contributed by atoms with van der Waals surface area (Å²) in [7, 11) is 1.46. The molecule has 4 aliphatic heterocycles. The second kappa shape index (κ2) is 17.4. The fraction of sp³-hybridized carbons (Fsp3) is 0.333. The van der Waals surface area contributed by atoms with E-state index in [0.717, 1.165) is 79.4 Å². The van der Waals surface area contributed by atoms with Crippen LogP contribution in [0.2, 0.25) is 0 Å². The number of rotatable bonds is 12. The lowest BCUT2D eigenvalue weighted by Gasteiger charge is -2.36. The number of nitrogens with zero attached hydrogens (tertiary/aromatic N) is 9. The van der Waals surface area contributed by atoms with E-state index in [9.17, 15) is 23.6 Å². The molecule has 3 aromatic heterocycles. The molecule has 332 valence electrons. The molecule has 2 atom stereocenters. The predicted octanol–water partition coefficient (Wildman–Crippen LogP) is 4.97. The number of pyridine rings is 1. The molecule has 0 aliphatic carbocycles. The minimum atomic E-state index is -0.624. The normalized spacial score (nSPS) is 19.0. The van der Waals surface area contributed by atoms with E-state index in [1.807, 2.05) is 47.3 Å². The molecule has 4 aliphatic rings. The second-order valence-corrected chi connectivity index (χ2v) is 17.1. The Labute approximate surface area is 374 Å². The molecular weight excluding hydrogens is 830 g/mol. The molecule has 3 amide bonds. The highest BCUT2D eigenvalue weighted by Crippen LogP contribution is 2.36. The summed E-state index contributed by atoms with van der Waals surface area (Å²) in [5.74, 6) is 0.0831. The maximum Gasteiger partial charge on any atom is 0.255 e. The maximum absolute atomic E-state index is 13.9. The van der Waals surface area contributed by atoms with Crippen LogP contribution in [-0.4, -0.2) is 110 Å². The van der Waals surface area contributed by atoms with Crippen LogP contribution in [0.25, 0.3) is 22.3 Å². The summed E-state index contributed by atoms with van der Waals surface area (Å²) >= 11 is 0. The van der Waals surface area contributed by atoms with Crippen LogP contribution < -0.4 is 25.6 Å². The van der Waals surface area contributed by atoms with Gasteiger partial charge < -0.3 is 25.2 Å². The number of hydrogen-bond acceptors (Lipinski definition) is 13. The van der Waals surface area contributed by atoms with Gasteiger partial charge in [0.25, 0.3) is 5.91 Å². The maximum atomic E-state index is 13.9. The number of fused-ring (bicyclic) bond motifs is 2. The summed E-state index contributed by atoms with van der Waals surface area (Å²) in [6.45, 7) is 6.09. The number of aromatic nitrogens is 5. The number of Topliss-reactive ketones (excluding diaryl/α,β-unsaturated/α-hetero) is 1. The first kappa shape index (κ1) is 41.7. The number of anilines is 3. The van der Waals surface area contributed by atoms with E-state index in [4.69, 9.17) is 20.6 Å². The van der Waals surface area contributed by atoms with Crippen molar-refractivity contribution in [2.24, 2.45) is 0 Å². The Morgan fingerprint density at radius 2 is 1.71 bits per heavy atom. The Morgan fingerprint density at radius 1 is 0.892 bits per heavy atom. The fourth-order valence-electron chi connectivity index (χ4n) is 9.60. The molecule has 3 saturated heterocycles. The molecule has 0 bridgehead atoms. The van der Waals surface area contributed by atoms with E-state index in [-0.39, 0.29) is 42.0 Å². The lowest BCUT2D eigenvalue weighted by atomic mass is 10.00. The molecule has 3 fully saturated rings. The lowest BCUT2D eigenvalue weighted by molar-refractivity contribution is -0.136. The lowest BCUT2D eigenvalue weighted by Crippen LogP contribution is -2.52. The number of hydrogen-bond donors (Lipinski definition) is 2. The third-order valence-electron chi connectivity index (χ3n) is 13.1. The number of benzene rings is 3. The number of aryl methyl sites for hydroxylation is 1. The van der Waals surface area contributed by atoms with Gasteiger partial charge in [0.15, 0.2) is 11.4 Å². The van der Waals surface area contributed by atoms with Crippen LogP contribution in [-0.2, 0) is 29.1 Å². The number of methoxy groups -OCH3 is 1. The van der Waals surface area contributed by atoms with Gasteiger partial charge in [-0.15, -0.1) is 0 Å². The fourth-order valence-corrected chi connectivity index (χ4v) is 9.60. The number of ketones is 1. The van der Waals surface area contributed by atoms with Crippen molar-refractivity contribution < 1.29 is 28.3 Å². The summed E-state index contributed by atoms with van der Waals surface area (Å²) < 4.78 is 21.1. The molecule has 3 N–H and O–H groups in total. The third-order valence-corrected chi connectivity index (χ3v) is 13.1. The van der Waals surface area contributed by atoms with Crippen molar-refractivity contribution in [2.75, 3.05) is 61.9 Å². The molecule has 65 heavy (non-hydrogen) atoms. The third kappa shape index (κ3) is 8.23. The van der Waals surface area contributed by atoms with Crippen molar-refractivity contribution in [3.8, 4) is 17.0 Å². The van der Waals surface area contributed by atoms with E-state index < -0.39 is 17.8 Å². The average molecular weight is 878 g/mol. The van der Waals surface area contributed by atoms with Gasteiger partial charge in [-0.3, -0.25) is 29.4 Å². The molecule has 0 unspecified atom stereocenters. The van der Waals surface area contributed by atoms with Gasteiger partial charge in [-0.2, -0.15) is 5.10 Å². The van der Waals surface area contributed by atoms with Gasteiger partial charge in [0.2, 0.25) is 11.8 Å². The number of piperidine rings is 1. The van der Waals surface area contributed by atoms with Crippen LogP contribution in [0, 0.1) is 5.82 Å². The molecular formula is C48H48FN11O5. The number of imide groups is 1. The van der Waals surface area contributed by atoms with Crippen molar-refractivity contribution >= 4 is 51.9 Å². The molecule has 0 saturated carbocycles. The highest BCUT2D eigenvalue weighted by Gasteiger charge is 2.39. The topological polar surface area (TPSA) is 185 Å². The predicted molar refractivity (Wildman–Crippen MR) is 241 cm³/mol. The molecule has 6 aromatic rings. The van der Waals surface area contributed by atoms with Gasteiger partial charge in [-0.05, 0) is 78.4 Å². The Hall–Kier alpha value is -7.27. The smallest absolute Gasteiger partial charge is 0.255 e. The van der Waals surface area contributed by atoms with Crippen LogP contribution in [0.5, 0.6) is 5.75 Å². The largest absolute Gasteiger partial charge is 0.496 e. The summed E-state index contributed by atoms with van der Waals surface area (Å²) in [5.41, 5.74) is 13.6. The van der Waals surface area contributed by atoms with Gasteiger partial charge in [0, 0.05) is 88.2 Å². The zero-order chi connectivity index (χ0) is 44.8. The Kier molecular flexibility index (Phi) is 11.1. The Balaban J connectivity index is 0.743. The Morgan fingerprint density at radius 3 is 2.48 bits per heavy atom. The quantitative estimate of drug-likeness (QED) is 0.124. The highest BCUT2D eigenvalue weighted by atomic mass is 19.1. The second-order valence-electron chi connectivity index (χ2n) is 17.1. The van der Waals surface area contributed by atoms with E-state index in [1.54, 1.807) is 4.90 Å². The molecule has 17 heteroatoms. The van der Waals surface area contributed by atoms with Crippen molar-refractivity contribution in [2.45, 2.75) is 57.3 Å². The standard InChI is InChI=1S/C48H48FN11O5/c1-65-40-13-8-33(49)23-37(40)39(61)12-4-29-2-6-31(7-3-29)44-43-45(50)52-28-53-46(43)60(55-44)35-16-17-58(27-35)41-14-5-30(24-51-41)25-56-18-20-57(21-19-56)34-9-10-36-32(22-34)26-59(48(36)64)38-11-15-42(62)54-47(38)63/h2-3,5-10,13-14,22-24,28,35,38H,4,11-12,15-21,25-27H2,1H3,(H2,50,52,53)(H,54,62,63)/t35-,38-/m0/s1. The SMILES string of the molecule is COc1ccc(F)cc1C(=O)CCc1ccc(-c2nn([C@H]3CCN(c4ccc(CN5CCN(c6ccc7c(c6)CN([C@H]6CCC(=O)NC6=O)C7=O)CC5)cn4)C3)c3ncnc(N)c23)cc1. The van der Waals surface area contributed by atoms with Crippen molar-refractivity contribution in [3.63, 3.8) is 0 Å². The summed E-state index contributed by atoms with van der Waals surface area (Å²) in [6.07, 6.45) is 5.54. The summed E-state index contributed by atoms with van der Waals surface area (Å²) in [6, 6.07) is 21.4. The molecule has 7 heterocycles. The number of amides is 3. The van der Waals surface area contributed by atoms with E-state index in [1.165, 1.54) is 31.6 Å². The first-order chi connectivity index (χ1) is 31.6. The number of halogens is 1. The van der Waals surface area contributed by atoms with Crippen LogP contribution in [0.15, 0.2) is 85.3 Å². The minimum absolute atomic E-state index is 0.0267. The van der Waals surface area contributed by atoms with Crippen LogP contribution in [0.4, 0.5) is 21.7 Å². The van der Waals surface area contributed by atoms with Crippen molar-refractivity contribution in [1.82, 2.24) is 39.8 Å². The van der Waals surface area contributed by atoms with Gasteiger partial charge in [-0.1, -0.05) is 30.3 Å². The first-order valence-corrected chi connectivity index (χ1v) is 22.0. The monoisotopic (exact) mass is 877 g/mol. The van der Waals surface area contributed by atoms with E-state index >= 15 is 0 Å². The van der Waals surface area contributed by atoms with Gasteiger partial charge in [0.1, 0.15) is 41.3 Å². The number of nitrogens with one attached hydrogen (secondary N) is 1. The number of piperazine rings is 1. The molecule has 0 spiro atoms. The number of nitrogens with two attached hydrogens (primary N) is 1. The zero-order valence-corrected chi connectivity index (χ0v) is 36.0. The zero-order valence-electron chi connectivity index (χ0n) is 36.0. The van der Waals surface area contributed by atoms with Gasteiger partial charge in [0.05, 0.1) is 24.1 Å². The van der Waals surface area contributed by atoms with Gasteiger partial charge in [-0.25, -0.2) is 24.0 Å². The summed E-state index contributed by atoms with van der Waals surface area (Å²) in [5, 5.41) is 8.15. The van der Waals surface area contributed by atoms with Crippen LogP contribution >= 0.6 is 0 Å². The molecule has 16 nitrogen and oxygen atoms in total. The Bertz CT molecular complexity index is 2830. The van der Waals surface area contributed by atoms with E-state index in [0.29, 0.717) is 59.8 Å². The molecule has 0 radical (unpaired) electrons. The number of carbonyl (C=O) groups is 4. The number of carbonyl (C=O) groups excluding carboxylic acids is 4. The van der Waals surface area contributed by atoms with Crippen molar-refractivity contribution in [3.05, 3.63) is 119 Å². The number of nitrogen functional groups attached to an aromatic ring is 1. The molecule has 10 rings (SSSR count). The van der Waals surface area contributed by atoms with Crippen LogP contribution in [0.1, 0.15) is 69.1 Å². The summed E-state index contributed by atoms with van der Waals surface area (Å²) in [4.78, 5) is 72.7. The average Bonchev–Trinajstić information content (AvgIpc) is 4.05. The van der Waals surface area contributed by atoms with Crippen molar-refractivity contribution in [1.29, 1.82) is 0 Å². The number of ether oxygens (including phenoxy) is 1. The van der Waals surface area contributed by atoms with E-state index in [2.05, 4.69) is 48.2 Å². The minimum Gasteiger partial charge on any atom is -0.496 e. The van der Waals surface area contributed by atoms with Crippen LogP contribution in [0.3, 0.4) is 0 Å². The highest BCUT2D eigenvalue weighted by molar-refractivity contribution is 6.05. The molecule has 3 aromatic carbocycles.